The number of halogens is 2. The first-order valence-corrected chi connectivity index (χ1v) is 8.14. The second kappa shape index (κ2) is 7.75. The summed E-state index contributed by atoms with van der Waals surface area (Å²) in [6.07, 6.45) is 0. The van der Waals surface area contributed by atoms with Gasteiger partial charge in [-0.15, -0.1) is 0 Å². The Kier molecular flexibility index (Phi) is 5.96. The molecule has 0 aromatic heterocycles. The van der Waals surface area contributed by atoms with E-state index in [1.807, 2.05) is 32.0 Å². The second-order valence-corrected chi connectivity index (χ2v) is 6.26. The minimum atomic E-state index is -0.373. The maximum absolute atomic E-state index is 14.0. The SMILES string of the molecule is COC(=S)Nc1cccc(Br)c1COc1cc(C)c(C)cc1F. The molecule has 23 heavy (non-hydrogen) atoms. The third-order valence-corrected chi connectivity index (χ3v) is 4.47. The van der Waals surface area contributed by atoms with E-state index >= 15 is 0 Å². The highest BCUT2D eigenvalue weighted by Gasteiger charge is 2.12. The van der Waals surface area contributed by atoms with Gasteiger partial charge in [0.25, 0.3) is 5.17 Å². The summed E-state index contributed by atoms with van der Waals surface area (Å²) in [5, 5.41) is 3.23. The van der Waals surface area contributed by atoms with Crippen molar-refractivity contribution >= 4 is 39.0 Å². The van der Waals surface area contributed by atoms with Crippen LogP contribution in [0, 0.1) is 19.7 Å². The number of rotatable bonds is 4. The Morgan fingerprint density at radius 3 is 2.65 bits per heavy atom. The Balaban J connectivity index is 2.23. The average molecular weight is 398 g/mol. The highest BCUT2D eigenvalue weighted by molar-refractivity contribution is 9.10. The molecule has 0 atom stereocenters. The van der Waals surface area contributed by atoms with Gasteiger partial charge in [0.15, 0.2) is 11.6 Å². The predicted molar refractivity (Wildman–Crippen MR) is 97.6 cm³/mol. The molecule has 0 fully saturated rings. The van der Waals surface area contributed by atoms with E-state index in [1.165, 1.54) is 13.2 Å². The molecule has 0 spiro atoms. The highest BCUT2D eigenvalue weighted by Crippen LogP contribution is 2.28. The van der Waals surface area contributed by atoms with E-state index < -0.39 is 0 Å². The third kappa shape index (κ3) is 4.42. The molecule has 0 saturated carbocycles. The van der Waals surface area contributed by atoms with Crippen molar-refractivity contribution < 1.29 is 13.9 Å². The first-order valence-electron chi connectivity index (χ1n) is 6.94. The first kappa shape index (κ1) is 17.7. The van der Waals surface area contributed by atoms with Crippen molar-refractivity contribution in [2.45, 2.75) is 20.5 Å². The van der Waals surface area contributed by atoms with E-state index in [4.69, 9.17) is 21.7 Å². The minimum absolute atomic E-state index is 0.190. The highest BCUT2D eigenvalue weighted by atomic mass is 79.9. The molecule has 6 heteroatoms. The maximum Gasteiger partial charge on any atom is 0.260 e. The van der Waals surface area contributed by atoms with Gasteiger partial charge in [0, 0.05) is 15.7 Å². The lowest BCUT2D eigenvalue weighted by molar-refractivity contribution is 0.290. The molecule has 0 unspecified atom stereocenters. The summed E-state index contributed by atoms with van der Waals surface area (Å²) in [5.74, 6) is -0.147. The Labute approximate surface area is 148 Å². The molecule has 0 bridgehead atoms. The molecule has 0 aliphatic rings. The number of aryl methyl sites for hydroxylation is 2. The zero-order valence-electron chi connectivity index (χ0n) is 13.1. The van der Waals surface area contributed by atoms with Crippen molar-refractivity contribution in [2.75, 3.05) is 12.4 Å². The summed E-state index contributed by atoms with van der Waals surface area (Å²) in [5.41, 5.74) is 3.44. The fraction of sp³-hybridized carbons (Fsp3) is 0.235. The lowest BCUT2D eigenvalue weighted by atomic mass is 10.1. The van der Waals surface area contributed by atoms with E-state index in [-0.39, 0.29) is 23.3 Å². The van der Waals surface area contributed by atoms with Crippen molar-refractivity contribution in [1.82, 2.24) is 0 Å². The molecule has 3 nitrogen and oxygen atoms in total. The molecule has 122 valence electrons. The normalized spacial score (nSPS) is 10.3. The molecule has 2 aromatic carbocycles. The van der Waals surface area contributed by atoms with Crippen LogP contribution in [-0.4, -0.2) is 12.3 Å². The number of ether oxygens (including phenoxy) is 2. The molecule has 0 heterocycles. The van der Waals surface area contributed by atoms with Crippen LogP contribution in [0.15, 0.2) is 34.8 Å². The van der Waals surface area contributed by atoms with E-state index in [1.54, 1.807) is 6.07 Å². The molecule has 2 rings (SSSR count). The van der Waals surface area contributed by atoms with Gasteiger partial charge in [0.2, 0.25) is 0 Å². The Morgan fingerprint density at radius 1 is 1.26 bits per heavy atom. The fourth-order valence-electron chi connectivity index (χ4n) is 2.00. The van der Waals surface area contributed by atoms with E-state index in [2.05, 4.69) is 21.2 Å². The van der Waals surface area contributed by atoms with Crippen LogP contribution in [0.2, 0.25) is 0 Å². The Hall–Kier alpha value is -1.66. The second-order valence-electron chi connectivity index (χ2n) is 5.04. The largest absolute Gasteiger partial charge is 0.486 e. The van der Waals surface area contributed by atoms with Gasteiger partial charge in [-0.1, -0.05) is 22.0 Å². The summed E-state index contributed by atoms with van der Waals surface area (Å²) in [6.45, 7) is 3.98. The summed E-state index contributed by atoms with van der Waals surface area (Å²) in [7, 11) is 1.49. The lowest BCUT2D eigenvalue weighted by Crippen LogP contribution is -2.13. The standard InChI is InChI=1S/C17H17BrFNO2S/c1-10-7-14(19)16(8-11(10)2)22-9-12-13(18)5-4-6-15(12)20-17(23)21-3/h4-8H,9H2,1-3H3,(H,20,23). The van der Waals surface area contributed by atoms with E-state index in [0.717, 1.165) is 26.9 Å². The molecule has 0 radical (unpaired) electrons. The maximum atomic E-state index is 14.0. The lowest BCUT2D eigenvalue weighted by Gasteiger charge is -2.15. The summed E-state index contributed by atoms with van der Waals surface area (Å²) in [4.78, 5) is 0. The van der Waals surface area contributed by atoms with E-state index in [9.17, 15) is 4.39 Å². The molecule has 0 amide bonds. The van der Waals surface area contributed by atoms with Gasteiger partial charge in [-0.05, 0) is 61.5 Å². The van der Waals surface area contributed by atoms with Crippen LogP contribution in [0.25, 0.3) is 0 Å². The smallest absolute Gasteiger partial charge is 0.260 e. The van der Waals surface area contributed by atoms with Crippen LogP contribution >= 0.6 is 28.1 Å². The number of anilines is 1. The summed E-state index contributed by atoms with van der Waals surface area (Å²) in [6, 6.07) is 8.78. The molecular weight excluding hydrogens is 381 g/mol. The van der Waals surface area contributed by atoms with Crippen molar-refractivity contribution in [3.05, 3.63) is 57.3 Å². The van der Waals surface area contributed by atoms with Gasteiger partial charge in [-0.3, -0.25) is 0 Å². The van der Waals surface area contributed by atoms with Crippen molar-refractivity contribution in [2.24, 2.45) is 0 Å². The molecular formula is C17H17BrFNO2S. The van der Waals surface area contributed by atoms with Crippen LogP contribution in [0.1, 0.15) is 16.7 Å². The Morgan fingerprint density at radius 2 is 1.96 bits per heavy atom. The average Bonchev–Trinajstić information content (AvgIpc) is 2.51. The quantitative estimate of drug-likeness (QED) is 0.724. The van der Waals surface area contributed by atoms with Crippen LogP contribution in [0.3, 0.4) is 0 Å². The van der Waals surface area contributed by atoms with Crippen molar-refractivity contribution in [3.8, 4) is 5.75 Å². The molecule has 2 aromatic rings. The van der Waals surface area contributed by atoms with Crippen LogP contribution < -0.4 is 10.1 Å². The number of thiocarbonyl (C=S) groups is 1. The van der Waals surface area contributed by atoms with Gasteiger partial charge in [0.05, 0.1) is 7.11 Å². The van der Waals surface area contributed by atoms with Crippen molar-refractivity contribution in [1.29, 1.82) is 0 Å². The van der Waals surface area contributed by atoms with Crippen LogP contribution in [0.4, 0.5) is 10.1 Å². The van der Waals surface area contributed by atoms with Gasteiger partial charge < -0.3 is 14.8 Å². The first-order chi connectivity index (χ1) is 10.9. The predicted octanol–water partition coefficient (Wildman–Crippen LogP) is 5.13. The summed E-state index contributed by atoms with van der Waals surface area (Å²) < 4.78 is 25.5. The third-order valence-electron chi connectivity index (χ3n) is 3.46. The number of methoxy groups -OCH3 is 1. The number of hydrogen-bond acceptors (Lipinski definition) is 3. The fourth-order valence-corrected chi connectivity index (χ4v) is 2.59. The molecule has 0 aliphatic heterocycles. The zero-order valence-corrected chi connectivity index (χ0v) is 15.5. The summed E-state index contributed by atoms with van der Waals surface area (Å²) >= 11 is 8.50. The van der Waals surface area contributed by atoms with Crippen LogP contribution in [0.5, 0.6) is 5.75 Å². The number of benzene rings is 2. The van der Waals surface area contributed by atoms with Gasteiger partial charge in [0.1, 0.15) is 6.61 Å². The van der Waals surface area contributed by atoms with E-state index in [0.29, 0.717) is 0 Å². The molecule has 0 aliphatic carbocycles. The van der Waals surface area contributed by atoms with Gasteiger partial charge in [-0.25, -0.2) is 4.39 Å². The van der Waals surface area contributed by atoms with Gasteiger partial charge in [-0.2, -0.15) is 0 Å². The zero-order chi connectivity index (χ0) is 17.0. The number of nitrogens with one attached hydrogen (secondary N) is 1. The monoisotopic (exact) mass is 397 g/mol. The molecule has 0 saturated heterocycles. The number of hydrogen-bond donors (Lipinski definition) is 1. The Bertz CT molecular complexity index is 737. The topological polar surface area (TPSA) is 30.5 Å². The minimum Gasteiger partial charge on any atom is -0.486 e. The van der Waals surface area contributed by atoms with Crippen LogP contribution in [-0.2, 0) is 11.3 Å². The molecule has 1 N–H and O–H groups in total. The van der Waals surface area contributed by atoms with Crippen molar-refractivity contribution in [3.63, 3.8) is 0 Å². The van der Waals surface area contributed by atoms with Gasteiger partial charge >= 0.3 is 0 Å².